The molecule has 29 heavy (non-hydrogen) atoms. The van der Waals surface area contributed by atoms with E-state index in [-0.39, 0.29) is 24.3 Å². The van der Waals surface area contributed by atoms with Gasteiger partial charge in [-0.1, -0.05) is 64.9 Å². The number of carbonyl (C=O) groups is 1. The van der Waals surface area contributed by atoms with Crippen molar-refractivity contribution in [3.8, 4) is 0 Å². The monoisotopic (exact) mass is 444 g/mol. The van der Waals surface area contributed by atoms with Gasteiger partial charge in [0.05, 0.1) is 15.2 Å². The van der Waals surface area contributed by atoms with Gasteiger partial charge in [0.15, 0.2) is 0 Å². The molecule has 0 radical (unpaired) electrons. The third kappa shape index (κ3) is 4.32. The number of amides is 1. The van der Waals surface area contributed by atoms with Crippen LogP contribution in [0.25, 0.3) is 11.0 Å². The molecule has 146 valence electrons. The molecule has 4 rings (SSSR count). The lowest BCUT2D eigenvalue weighted by molar-refractivity contribution is -0.116. The average Bonchev–Trinajstić information content (AvgIpc) is 3.24. The van der Waals surface area contributed by atoms with Crippen molar-refractivity contribution in [3.05, 3.63) is 84.9 Å². The normalized spacial score (nSPS) is 11.9. The highest BCUT2D eigenvalue weighted by molar-refractivity contribution is 7.15. The van der Waals surface area contributed by atoms with Crippen LogP contribution in [0.2, 0.25) is 10.0 Å². The number of halogens is 2. The van der Waals surface area contributed by atoms with Gasteiger partial charge in [-0.15, -0.1) is 10.2 Å². The second-order valence-electron chi connectivity index (χ2n) is 6.23. The number of aryl methyl sites for hydroxylation is 1. The van der Waals surface area contributed by atoms with E-state index in [1.165, 1.54) is 15.7 Å². The molecule has 0 fully saturated rings. The fourth-order valence-corrected chi connectivity index (χ4v) is 4.08. The summed E-state index contributed by atoms with van der Waals surface area (Å²) in [6.07, 6.45) is 2.21. The SMILES string of the molecule is O=C(CCc1nnc2s/c(=C/c3ccccc3)c(=O)n12)Nc1cc(Cl)ccc1Cl. The second kappa shape index (κ2) is 8.32. The average molecular weight is 445 g/mol. The van der Waals surface area contributed by atoms with E-state index < -0.39 is 0 Å². The topological polar surface area (TPSA) is 76.4 Å². The number of anilines is 1. The van der Waals surface area contributed by atoms with E-state index in [1.807, 2.05) is 36.4 Å². The summed E-state index contributed by atoms with van der Waals surface area (Å²) in [4.78, 5) is 25.6. The number of hydrogen-bond donors (Lipinski definition) is 1. The molecular formula is C20H14Cl2N4O2S. The molecule has 0 atom stereocenters. The van der Waals surface area contributed by atoms with E-state index in [1.54, 1.807) is 18.2 Å². The van der Waals surface area contributed by atoms with Crippen LogP contribution < -0.4 is 15.4 Å². The zero-order valence-corrected chi connectivity index (χ0v) is 17.3. The van der Waals surface area contributed by atoms with Crippen LogP contribution in [0.15, 0.2) is 53.3 Å². The molecule has 0 aliphatic heterocycles. The number of benzene rings is 2. The molecule has 1 N–H and O–H groups in total. The third-order valence-electron chi connectivity index (χ3n) is 4.19. The number of nitrogens with zero attached hydrogens (tertiary/aromatic N) is 3. The van der Waals surface area contributed by atoms with E-state index in [2.05, 4.69) is 15.5 Å². The van der Waals surface area contributed by atoms with Crippen LogP contribution in [0.3, 0.4) is 0 Å². The molecule has 6 nitrogen and oxygen atoms in total. The van der Waals surface area contributed by atoms with Crippen molar-refractivity contribution in [1.29, 1.82) is 0 Å². The van der Waals surface area contributed by atoms with Gasteiger partial charge in [0.1, 0.15) is 5.82 Å². The number of rotatable bonds is 5. The molecule has 4 aromatic rings. The smallest absolute Gasteiger partial charge is 0.275 e. The van der Waals surface area contributed by atoms with E-state index in [4.69, 9.17) is 23.2 Å². The predicted octanol–water partition coefficient (Wildman–Crippen LogP) is 3.58. The Balaban J connectivity index is 1.53. The predicted molar refractivity (Wildman–Crippen MR) is 116 cm³/mol. The summed E-state index contributed by atoms with van der Waals surface area (Å²) in [7, 11) is 0. The molecule has 9 heteroatoms. The molecule has 2 aromatic heterocycles. The molecule has 2 aromatic carbocycles. The van der Waals surface area contributed by atoms with Crippen molar-refractivity contribution in [2.45, 2.75) is 12.8 Å². The highest BCUT2D eigenvalue weighted by Crippen LogP contribution is 2.25. The summed E-state index contributed by atoms with van der Waals surface area (Å²) >= 11 is 13.3. The van der Waals surface area contributed by atoms with Gasteiger partial charge in [-0.25, -0.2) is 4.40 Å². The molecule has 0 aliphatic rings. The van der Waals surface area contributed by atoms with Crippen molar-refractivity contribution in [2.24, 2.45) is 0 Å². The molecule has 0 saturated carbocycles. The Morgan fingerprint density at radius 1 is 1.14 bits per heavy atom. The van der Waals surface area contributed by atoms with Crippen LogP contribution in [0.1, 0.15) is 17.8 Å². The second-order valence-corrected chi connectivity index (χ2v) is 8.09. The first kappa shape index (κ1) is 19.6. The third-order valence-corrected chi connectivity index (χ3v) is 5.71. The van der Waals surface area contributed by atoms with Gasteiger partial charge in [0, 0.05) is 17.9 Å². The Kier molecular flexibility index (Phi) is 5.62. The van der Waals surface area contributed by atoms with Crippen LogP contribution in [-0.2, 0) is 11.2 Å². The zero-order chi connectivity index (χ0) is 20.4. The maximum atomic E-state index is 12.8. The van der Waals surface area contributed by atoms with E-state index in [0.29, 0.717) is 31.1 Å². The van der Waals surface area contributed by atoms with Crippen molar-refractivity contribution in [2.75, 3.05) is 5.32 Å². The summed E-state index contributed by atoms with van der Waals surface area (Å²) in [5.41, 5.74) is 1.18. The number of fused-ring (bicyclic) bond motifs is 1. The highest BCUT2D eigenvalue weighted by atomic mass is 35.5. The number of nitrogens with one attached hydrogen (secondary N) is 1. The molecular weight excluding hydrogens is 431 g/mol. The molecule has 2 heterocycles. The first-order chi connectivity index (χ1) is 14.0. The van der Waals surface area contributed by atoms with E-state index in [0.717, 1.165) is 5.56 Å². The first-order valence-electron chi connectivity index (χ1n) is 8.70. The van der Waals surface area contributed by atoms with Gasteiger partial charge in [-0.3, -0.25) is 9.59 Å². The standard InChI is InChI=1S/C20H14Cl2N4O2S/c21-13-6-7-14(22)15(11-13)23-18(27)9-8-17-24-25-20-26(17)19(28)16(29-20)10-12-4-2-1-3-5-12/h1-7,10-11H,8-9H2,(H,23,27)/b16-10+. The van der Waals surface area contributed by atoms with Crippen molar-refractivity contribution in [1.82, 2.24) is 14.6 Å². The zero-order valence-electron chi connectivity index (χ0n) is 14.9. The van der Waals surface area contributed by atoms with Crippen molar-refractivity contribution in [3.63, 3.8) is 0 Å². The number of thiazole rings is 1. The summed E-state index contributed by atoms with van der Waals surface area (Å²) in [6.45, 7) is 0. The number of carbonyl (C=O) groups excluding carboxylic acids is 1. The fourth-order valence-electron chi connectivity index (χ4n) is 2.81. The van der Waals surface area contributed by atoms with E-state index in [9.17, 15) is 9.59 Å². The summed E-state index contributed by atoms with van der Waals surface area (Å²) in [5, 5.41) is 11.7. The van der Waals surface area contributed by atoms with Crippen molar-refractivity contribution < 1.29 is 4.79 Å². The Labute approximate surface area is 179 Å². The van der Waals surface area contributed by atoms with Crippen LogP contribution in [0.5, 0.6) is 0 Å². The largest absolute Gasteiger partial charge is 0.325 e. The molecule has 1 amide bonds. The Bertz CT molecular complexity index is 1300. The highest BCUT2D eigenvalue weighted by Gasteiger charge is 2.14. The lowest BCUT2D eigenvalue weighted by Gasteiger charge is -2.07. The van der Waals surface area contributed by atoms with Crippen LogP contribution in [0.4, 0.5) is 5.69 Å². The van der Waals surface area contributed by atoms with Crippen LogP contribution in [-0.4, -0.2) is 20.5 Å². The molecule has 0 bridgehead atoms. The van der Waals surface area contributed by atoms with Gasteiger partial charge in [0.25, 0.3) is 5.56 Å². The molecule has 0 aliphatic carbocycles. The van der Waals surface area contributed by atoms with Gasteiger partial charge < -0.3 is 5.32 Å². The summed E-state index contributed by atoms with van der Waals surface area (Å²) < 4.78 is 2.02. The van der Waals surface area contributed by atoms with Gasteiger partial charge in [-0.2, -0.15) is 0 Å². The van der Waals surface area contributed by atoms with Gasteiger partial charge in [0.2, 0.25) is 10.9 Å². The van der Waals surface area contributed by atoms with E-state index >= 15 is 0 Å². The minimum atomic E-state index is -0.260. The number of aromatic nitrogens is 3. The summed E-state index contributed by atoms with van der Waals surface area (Å²) in [6, 6.07) is 14.4. The first-order valence-corrected chi connectivity index (χ1v) is 10.3. The number of hydrogen-bond acceptors (Lipinski definition) is 5. The Morgan fingerprint density at radius 2 is 1.93 bits per heavy atom. The quantitative estimate of drug-likeness (QED) is 0.510. The maximum absolute atomic E-state index is 12.8. The molecule has 0 saturated heterocycles. The lowest BCUT2D eigenvalue weighted by atomic mass is 10.2. The van der Waals surface area contributed by atoms with Crippen LogP contribution in [0, 0.1) is 0 Å². The van der Waals surface area contributed by atoms with Gasteiger partial charge >= 0.3 is 0 Å². The lowest BCUT2D eigenvalue weighted by Crippen LogP contribution is -2.24. The van der Waals surface area contributed by atoms with Crippen LogP contribution >= 0.6 is 34.5 Å². The Hall–Kier alpha value is -2.74. The minimum absolute atomic E-state index is 0.122. The minimum Gasteiger partial charge on any atom is -0.325 e. The molecule has 0 unspecified atom stereocenters. The summed E-state index contributed by atoms with van der Waals surface area (Å²) in [5.74, 6) is 0.186. The molecule has 0 spiro atoms. The van der Waals surface area contributed by atoms with Gasteiger partial charge in [-0.05, 0) is 29.8 Å². The van der Waals surface area contributed by atoms with Crippen molar-refractivity contribution >= 4 is 57.2 Å². The maximum Gasteiger partial charge on any atom is 0.275 e. The fraction of sp³-hybridized carbons (Fsp3) is 0.100. The Morgan fingerprint density at radius 3 is 2.72 bits per heavy atom.